The first-order valence-electron chi connectivity index (χ1n) is 5.58. The van der Waals surface area contributed by atoms with Crippen LogP contribution in [0.1, 0.15) is 40.0 Å². The van der Waals surface area contributed by atoms with E-state index < -0.39 is 0 Å². The molecule has 0 rings (SSSR count). The minimum Gasteiger partial charge on any atom is -0.381 e. The van der Waals surface area contributed by atoms with Crippen molar-refractivity contribution in [3.8, 4) is 0 Å². The fraction of sp³-hybridized carbons (Fsp3) is 0.909. The van der Waals surface area contributed by atoms with Crippen molar-refractivity contribution in [1.82, 2.24) is 5.32 Å². The highest BCUT2D eigenvalue weighted by molar-refractivity contribution is 5.75. The molecule has 0 aliphatic carbocycles. The third-order valence-electron chi connectivity index (χ3n) is 2.42. The summed E-state index contributed by atoms with van der Waals surface area (Å²) in [5.41, 5.74) is 0. The summed E-state index contributed by atoms with van der Waals surface area (Å²) < 4.78 is 5.10. The second kappa shape index (κ2) is 9.00. The maximum absolute atomic E-state index is 11.3. The molecule has 3 heteroatoms. The van der Waals surface area contributed by atoms with Gasteiger partial charge in [-0.25, -0.2) is 0 Å². The van der Waals surface area contributed by atoms with E-state index in [4.69, 9.17) is 4.74 Å². The van der Waals surface area contributed by atoms with Gasteiger partial charge in [-0.3, -0.25) is 4.79 Å². The summed E-state index contributed by atoms with van der Waals surface area (Å²) in [6, 6.07) is 0. The van der Waals surface area contributed by atoms with E-state index >= 15 is 0 Å². The molecule has 0 radical (unpaired) electrons. The number of hydrogen-bond donors (Lipinski definition) is 1. The van der Waals surface area contributed by atoms with Crippen molar-refractivity contribution in [3.63, 3.8) is 0 Å². The molecule has 0 saturated heterocycles. The van der Waals surface area contributed by atoms with Crippen LogP contribution in [0.2, 0.25) is 0 Å². The summed E-state index contributed by atoms with van der Waals surface area (Å²) in [6.07, 6.45) is 2.73. The maximum atomic E-state index is 11.3. The van der Waals surface area contributed by atoms with Crippen molar-refractivity contribution in [2.75, 3.05) is 19.8 Å². The van der Waals surface area contributed by atoms with Crippen molar-refractivity contribution in [1.29, 1.82) is 0 Å². The molecule has 1 amide bonds. The quantitative estimate of drug-likeness (QED) is 0.610. The Morgan fingerprint density at radius 3 is 2.43 bits per heavy atom. The predicted octanol–water partition coefficient (Wildman–Crippen LogP) is 1.97. The molecule has 0 aliphatic heterocycles. The third-order valence-corrected chi connectivity index (χ3v) is 2.42. The van der Waals surface area contributed by atoms with Gasteiger partial charge in [0.05, 0.1) is 6.61 Å². The Morgan fingerprint density at radius 2 is 1.93 bits per heavy atom. The van der Waals surface area contributed by atoms with Gasteiger partial charge < -0.3 is 10.1 Å². The molecule has 3 nitrogen and oxygen atoms in total. The van der Waals surface area contributed by atoms with Crippen LogP contribution in [-0.4, -0.2) is 25.7 Å². The Balaban J connectivity index is 3.42. The highest BCUT2D eigenvalue weighted by Crippen LogP contribution is 2.04. The number of rotatable bonds is 8. The molecule has 0 fully saturated rings. The second-order valence-corrected chi connectivity index (χ2v) is 3.43. The summed E-state index contributed by atoms with van der Waals surface area (Å²) in [7, 11) is 0. The minimum absolute atomic E-state index is 0.102. The molecule has 0 aromatic rings. The van der Waals surface area contributed by atoms with Gasteiger partial charge in [0.1, 0.15) is 0 Å². The van der Waals surface area contributed by atoms with Crippen LogP contribution in [0.3, 0.4) is 0 Å². The summed E-state index contributed by atoms with van der Waals surface area (Å²) in [6.45, 7) is 8.26. The van der Waals surface area contributed by atoms with Crippen LogP contribution in [0.4, 0.5) is 0 Å². The zero-order valence-corrected chi connectivity index (χ0v) is 9.64. The van der Waals surface area contributed by atoms with Crippen molar-refractivity contribution in [3.05, 3.63) is 0 Å². The van der Waals surface area contributed by atoms with Crippen molar-refractivity contribution in [2.24, 2.45) is 5.92 Å². The average Bonchev–Trinajstić information content (AvgIpc) is 2.20. The van der Waals surface area contributed by atoms with Gasteiger partial charge in [0, 0.05) is 19.6 Å². The Kier molecular flexibility index (Phi) is 8.64. The molecule has 0 aromatic carbocycles. The Morgan fingerprint density at radius 1 is 1.29 bits per heavy atom. The van der Waals surface area contributed by atoms with Crippen LogP contribution in [0.5, 0.6) is 0 Å². The first-order chi connectivity index (χ1) is 6.74. The van der Waals surface area contributed by atoms with Crippen LogP contribution in [0.15, 0.2) is 0 Å². The predicted molar refractivity (Wildman–Crippen MR) is 58.2 cm³/mol. The van der Waals surface area contributed by atoms with E-state index in [2.05, 4.69) is 19.2 Å². The van der Waals surface area contributed by atoms with Crippen LogP contribution in [0.25, 0.3) is 0 Å². The third kappa shape index (κ3) is 6.89. The van der Waals surface area contributed by atoms with E-state index in [-0.39, 0.29) is 5.91 Å². The average molecular weight is 201 g/mol. The lowest BCUT2D eigenvalue weighted by Crippen LogP contribution is -2.29. The highest BCUT2D eigenvalue weighted by atomic mass is 16.5. The van der Waals surface area contributed by atoms with Crippen LogP contribution in [0, 0.1) is 5.92 Å². The summed E-state index contributed by atoms with van der Waals surface area (Å²) in [5.74, 6) is 0.719. The van der Waals surface area contributed by atoms with Gasteiger partial charge in [0.2, 0.25) is 5.91 Å². The van der Waals surface area contributed by atoms with Gasteiger partial charge in [0.25, 0.3) is 0 Å². The summed E-state index contributed by atoms with van der Waals surface area (Å²) >= 11 is 0. The molecular weight excluding hydrogens is 178 g/mol. The van der Waals surface area contributed by atoms with E-state index in [0.29, 0.717) is 25.6 Å². The molecule has 0 aromatic heterocycles. The first kappa shape index (κ1) is 13.4. The summed E-state index contributed by atoms with van der Waals surface area (Å²) in [5, 5.41) is 2.92. The number of carbonyl (C=O) groups excluding carboxylic acids is 1. The monoisotopic (exact) mass is 201 g/mol. The molecular formula is C11H23NO2. The fourth-order valence-electron chi connectivity index (χ4n) is 1.23. The van der Waals surface area contributed by atoms with Gasteiger partial charge in [-0.2, -0.15) is 0 Å². The van der Waals surface area contributed by atoms with Gasteiger partial charge in [-0.05, 0) is 12.8 Å². The Bertz CT molecular complexity index is 144. The molecule has 0 spiro atoms. The maximum Gasteiger partial charge on any atom is 0.222 e. The van der Waals surface area contributed by atoms with Crippen molar-refractivity contribution < 1.29 is 9.53 Å². The molecule has 0 aliphatic rings. The number of carbonyl (C=O) groups is 1. The normalized spacial score (nSPS) is 10.6. The van der Waals surface area contributed by atoms with E-state index in [9.17, 15) is 4.79 Å². The van der Waals surface area contributed by atoms with E-state index in [1.54, 1.807) is 0 Å². The van der Waals surface area contributed by atoms with Crippen LogP contribution >= 0.6 is 0 Å². The van der Waals surface area contributed by atoms with E-state index in [0.717, 1.165) is 19.4 Å². The molecule has 0 saturated carbocycles. The minimum atomic E-state index is 0.102. The van der Waals surface area contributed by atoms with Crippen molar-refractivity contribution in [2.45, 2.75) is 40.0 Å². The number of nitrogens with one attached hydrogen (secondary N) is 1. The molecule has 0 bridgehead atoms. The SMILES string of the molecule is CCOCCC(=O)NCC(CC)CC. The zero-order chi connectivity index (χ0) is 10.8. The summed E-state index contributed by atoms with van der Waals surface area (Å²) in [4.78, 5) is 11.3. The largest absolute Gasteiger partial charge is 0.381 e. The number of amides is 1. The lowest BCUT2D eigenvalue weighted by atomic mass is 10.0. The highest BCUT2D eigenvalue weighted by Gasteiger charge is 2.05. The molecule has 84 valence electrons. The van der Waals surface area contributed by atoms with E-state index in [1.807, 2.05) is 6.92 Å². The van der Waals surface area contributed by atoms with Gasteiger partial charge in [0.15, 0.2) is 0 Å². The molecule has 0 atom stereocenters. The standard InChI is InChI=1S/C11H23NO2/c1-4-10(5-2)9-12-11(13)7-8-14-6-3/h10H,4-9H2,1-3H3,(H,12,13). The molecule has 0 heterocycles. The van der Waals surface area contributed by atoms with E-state index in [1.165, 1.54) is 0 Å². The molecule has 0 unspecified atom stereocenters. The van der Waals surface area contributed by atoms with Crippen LogP contribution in [-0.2, 0) is 9.53 Å². The van der Waals surface area contributed by atoms with Crippen LogP contribution < -0.4 is 5.32 Å². The number of ether oxygens (including phenoxy) is 1. The lowest BCUT2D eigenvalue weighted by Gasteiger charge is -2.13. The second-order valence-electron chi connectivity index (χ2n) is 3.43. The van der Waals surface area contributed by atoms with Gasteiger partial charge >= 0.3 is 0 Å². The lowest BCUT2D eigenvalue weighted by molar-refractivity contribution is -0.122. The smallest absolute Gasteiger partial charge is 0.222 e. The molecule has 14 heavy (non-hydrogen) atoms. The van der Waals surface area contributed by atoms with Crippen molar-refractivity contribution >= 4 is 5.91 Å². The fourth-order valence-corrected chi connectivity index (χ4v) is 1.23. The Labute approximate surface area is 87.2 Å². The topological polar surface area (TPSA) is 38.3 Å². The molecule has 1 N–H and O–H groups in total. The number of hydrogen-bond acceptors (Lipinski definition) is 2. The Hall–Kier alpha value is -0.570. The van der Waals surface area contributed by atoms with Gasteiger partial charge in [-0.1, -0.05) is 26.7 Å². The first-order valence-corrected chi connectivity index (χ1v) is 5.58. The van der Waals surface area contributed by atoms with Gasteiger partial charge in [-0.15, -0.1) is 0 Å². The zero-order valence-electron chi connectivity index (χ0n) is 9.64.